The van der Waals surface area contributed by atoms with Crippen molar-refractivity contribution in [3.8, 4) is 5.75 Å². The molecule has 21 heavy (non-hydrogen) atoms. The Balaban J connectivity index is 1.70. The van der Waals surface area contributed by atoms with Gasteiger partial charge in [0, 0.05) is 11.9 Å². The lowest BCUT2D eigenvalue weighted by molar-refractivity contribution is 0.281. The van der Waals surface area contributed by atoms with E-state index in [1.165, 1.54) is 23.2 Å². The maximum absolute atomic E-state index is 9.24. The fraction of sp³-hybridized carbons (Fsp3) is 0.389. The van der Waals surface area contributed by atoms with E-state index in [4.69, 9.17) is 4.74 Å². The van der Waals surface area contributed by atoms with Crippen molar-refractivity contribution in [1.82, 2.24) is 4.98 Å². The lowest BCUT2D eigenvalue weighted by Gasteiger charge is -2.24. The molecule has 1 unspecified atom stereocenters. The topological polar surface area (TPSA) is 42.4 Å². The van der Waals surface area contributed by atoms with Crippen molar-refractivity contribution in [3.05, 3.63) is 58.9 Å². The van der Waals surface area contributed by atoms with E-state index in [-0.39, 0.29) is 6.61 Å². The number of pyridine rings is 1. The molecule has 1 N–H and O–H groups in total. The molecular formula is C18H21NO2. The Morgan fingerprint density at radius 2 is 2.05 bits per heavy atom. The van der Waals surface area contributed by atoms with Crippen LogP contribution < -0.4 is 4.74 Å². The molecule has 0 spiro atoms. The Kier molecular flexibility index (Phi) is 4.20. The molecule has 110 valence electrons. The summed E-state index contributed by atoms with van der Waals surface area (Å²) in [5.74, 6) is 1.56. The summed E-state index contributed by atoms with van der Waals surface area (Å²) in [5, 5.41) is 9.24. The largest absolute Gasteiger partial charge is 0.497 e. The zero-order chi connectivity index (χ0) is 14.7. The van der Waals surface area contributed by atoms with Gasteiger partial charge in [-0.25, -0.2) is 0 Å². The van der Waals surface area contributed by atoms with Crippen molar-refractivity contribution in [3.63, 3.8) is 0 Å². The average Bonchev–Trinajstić information content (AvgIpc) is 2.55. The third kappa shape index (κ3) is 3.24. The second-order valence-electron chi connectivity index (χ2n) is 5.77. The van der Waals surface area contributed by atoms with Crippen molar-refractivity contribution in [2.45, 2.75) is 32.3 Å². The fourth-order valence-electron chi connectivity index (χ4n) is 3.10. The smallest absolute Gasteiger partial charge is 0.118 e. The van der Waals surface area contributed by atoms with E-state index in [2.05, 4.69) is 23.2 Å². The minimum absolute atomic E-state index is 0.0728. The van der Waals surface area contributed by atoms with Gasteiger partial charge in [0.05, 0.1) is 13.7 Å². The molecule has 0 amide bonds. The first kappa shape index (κ1) is 14.1. The number of aliphatic hydroxyl groups excluding tert-OH is 1. The zero-order valence-electron chi connectivity index (χ0n) is 12.4. The van der Waals surface area contributed by atoms with Crippen molar-refractivity contribution in [2.24, 2.45) is 5.92 Å². The van der Waals surface area contributed by atoms with Gasteiger partial charge in [-0.1, -0.05) is 18.2 Å². The van der Waals surface area contributed by atoms with Gasteiger partial charge in [0.2, 0.25) is 0 Å². The number of methoxy groups -OCH3 is 1. The van der Waals surface area contributed by atoms with Gasteiger partial charge in [0.25, 0.3) is 0 Å². The average molecular weight is 283 g/mol. The molecule has 0 saturated heterocycles. The van der Waals surface area contributed by atoms with Crippen LogP contribution in [-0.4, -0.2) is 17.2 Å². The Morgan fingerprint density at radius 3 is 2.76 bits per heavy atom. The van der Waals surface area contributed by atoms with Crippen LogP contribution in [-0.2, 0) is 25.9 Å². The van der Waals surface area contributed by atoms with E-state index in [1.807, 2.05) is 12.1 Å². The molecule has 2 aromatic rings. The summed E-state index contributed by atoms with van der Waals surface area (Å²) in [6, 6.07) is 10.5. The SMILES string of the molecule is COc1ccc(CC2CCc3ncc(CO)cc3C2)cc1. The van der Waals surface area contributed by atoms with Crippen LogP contribution >= 0.6 is 0 Å². The summed E-state index contributed by atoms with van der Waals surface area (Å²) in [7, 11) is 1.69. The summed E-state index contributed by atoms with van der Waals surface area (Å²) in [4.78, 5) is 4.48. The number of hydrogen-bond acceptors (Lipinski definition) is 3. The van der Waals surface area contributed by atoms with E-state index in [9.17, 15) is 5.11 Å². The molecule has 0 saturated carbocycles. The van der Waals surface area contributed by atoms with Gasteiger partial charge in [-0.05, 0) is 60.4 Å². The number of benzene rings is 1. The minimum Gasteiger partial charge on any atom is -0.497 e. The standard InChI is InChI=1S/C18H21NO2/c1-21-17-5-2-13(3-6-17)8-14-4-7-18-16(9-14)10-15(12-20)11-19-18/h2-3,5-6,10-11,14,20H,4,7-9,12H2,1H3. The van der Waals surface area contributed by atoms with Crippen molar-refractivity contribution < 1.29 is 9.84 Å². The van der Waals surface area contributed by atoms with Crippen LogP contribution in [0.2, 0.25) is 0 Å². The number of aryl methyl sites for hydroxylation is 1. The molecule has 0 fully saturated rings. The number of rotatable bonds is 4. The highest BCUT2D eigenvalue weighted by Crippen LogP contribution is 2.28. The highest BCUT2D eigenvalue weighted by atomic mass is 16.5. The minimum atomic E-state index is 0.0728. The summed E-state index contributed by atoms with van der Waals surface area (Å²) >= 11 is 0. The second kappa shape index (κ2) is 6.27. The van der Waals surface area contributed by atoms with E-state index in [1.54, 1.807) is 13.3 Å². The molecule has 1 aliphatic rings. The number of nitrogens with zero attached hydrogens (tertiary/aromatic N) is 1. The second-order valence-corrected chi connectivity index (χ2v) is 5.77. The summed E-state index contributed by atoms with van der Waals surface area (Å²) in [5.41, 5.74) is 4.79. The maximum atomic E-state index is 9.24. The predicted molar refractivity (Wildman–Crippen MR) is 82.4 cm³/mol. The molecule has 1 aliphatic carbocycles. The van der Waals surface area contributed by atoms with Crippen LogP contribution in [0, 0.1) is 5.92 Å². The Hall–Kier alpha value is -1.87. The van der Waals surface area contributed by atoms with Crippen molar-refractivity contribution in [1.29, 1.82) is 0 Å². The highest BCUT2D eigenvalue weighted by Gasteiger charge is 2.20. The van der Waals surface area contributed by atoms with Gasteiger partial charge >= 0.3 is 0 Å². The van der Waals surface area contributed by atoms with Gasteiger partial charge in [-0.2, -0.15) is 0 Å². The van der Waals surface area contributed by atoms with E-state index in [0.717, 1.165) is 30.6 Å². The molecule has 3 heteroatoms. The molecule has 3 nitrogen and oxygen atoms in total. The molecule has 1 atom stereocenters. The van der Waals surface area contributed by atoms with Crippen LogP contribution in [0.25, 0.3) is 0 Å². The first-order valence-electron chi connectivity index (χ1n) is 7.49. The molecular weight excluding hydrogens is 262 g/mol. The molecule has 1 aromatic carbocycles. The molecule has 0 radical (unpaired) electrons. The fourth-order valence-corrected chi connectivity index (χ4v) is 3.10. The van der Waals surface area contributed by atoms with Crippen LogP contribution in [0.15, 0.2) is 36.5 Å². The third-order valence-corrected chi connectivity index (χ3v) is 4.28. The molecule has 0 aliphatic heterocycles. The van der Waals surface area contributed by atoms with E-state index >= 15 is 0 Å². The normalized spacial score (nSPS) is 17.3. The Morgan fingerprint density at radius 1 is 1.24 bits per heavy atom. The van der Waals surface area contributed by atoms with Gasteiger partial charge in [0.1, 0.15) is 5.75 Å². The summed E-state index contributed by atoms with van der Waals surface area (Å²) in [6.07, 6.45) is 6.17. The van der Waals surface area contributed by atoms with E-state index < -0.39 is 0 Å². The highest BCUT2D eigenvalue weighted by molar-refractivity contribution is 5.30. The van der Waals surface area contributed by atoms with Crippen molar-refractivity contribution in [2.75, 3.05) is 7.11 Å². The summed E-state index contributed by atoms with van der Waals surface area (Å²) in [6.45, 7) is 0.0728. The van der Waals surface area contributed by atoms with Crippen LogP contribution in [0.1, 0.15) is 28.8 Å². The lowest BCUT2D eigenvalue weighted by Crippen LogP contribution is -2.18. The van der Waals surface area contributed by atoms with Crippen LogP contribution in [0.3, 0.4) is 0 Å². The quantitative estimate of drug-likeness (QED) is 0.938. The number of aliphatic hydroxyl groups is 1. The van der Waals surface area contributed by atoms with Gasteiger partial charge < -0.3 is 9.84 Å². The van der Waals surface area contributed by atoms with Crippen LogP contribution in [0.5, 0.6) is 5.75 Å². The van der Waals surface area contributed by atoms with Gasteiger partial charge in [-0.3, -0.25) is 4.98 Å². The lowest BCUT2D eigenvalue weighted by atomic mass is 9.82. The number of aromatic nitrogens is 1. The Labute approximate surface area is 125 Å². The number of fused-ring (bicyclic) bond motifs is 1. The predicted octanol–water partition coefficient (Wildman–Crippen LogP) is 2.93. The molecule has 3 rings (SSSR count). The third-order valence-electron chi connectivity index (χ3n) is 4.28. The molecule has 1 heterocycles. The first-order chi connectivity index (χ1) is 10.3. The number of hydrogen-bond donors (Lipinski definition) is 1. The molecule has 0 bridgehead atoms. The van der Waals surface area contributed by atoms with Gasteiger partial charge in [-0.15, -0.1) is 0 Å². The Bertz CT molecular complexity index is 607. The van der Waals surface area contributed by atoms with Crippen LogP contribution in [0.4, 0.5) is 0 Å². The zero-order valence-corrected chi connectivity index (χ0v) is 12.4. The monoisotopic (exact) mass is 283 g/mol. The van der Waals surface area contributed by atoms with E-state index in [0.29, 0.717) is 5.92 Å². The van der Waals surface area contributed by atoms with Crippen molar-refractivity contribution >= 4 is 0 Å². The molecule has 1 aromatic heterocycles. The van der Waals surface area contributed by atoms with Gasteiger partial charge in [0.15, 0.2) is 0 Å². The number of ether oxygens (including phenoxy) is 1. The maximum Gasteiger partial charge on any atom is 0.118 e. The summed E-state index contributed by atoms with van der Waals surface area (Å²) < 4.78 is 5.20. The first-order valence-corrected chi connectivity index (χ1v) is 7.49.